The minimum atomic E-state index is -0.519. The summed E-state index contributed by atoms with van der Waals surface area (Å²) in [6.07, 6.45) is 2.17. The molecular weight excluding hydrogens is 434 g/mol. The van der Waals surface area contributed by atoms with Crippen LogP contribution in [0.15, 0.2) is 72.9 Å². The van der Waals surface area contributed by atoms with Gasteiger partial charge in [0, 0.05) is 18.3 Å². The second-order valence-electron chi connectivity index (χ2n) is 8.18. The van der Waals surface area contributed by atoms with Crippen LogP contribution in [0.1, 0.15) is 50.9 Å². The quantitative estimate of drug-likeness (QED) is 0.468. The minimum Gasteiger partial charge on any atom is -0.507 e. The first-order valence-corrected chi connectivity index (χ1v) is 10.9. The lowest BCUT2D eigenvalue weighted by Crippen LogP contribution is -2.47. The molecule has 34 heavy (non-hydrogen) atoms. The average molecular weight is 460 g/mol. The molecule has 1 aliphatic carbocycles. The van der Waals surface area contributed by atoms with Crippen LogP contribution in [0.2, 0.25) is 0 Å². The lowest BCUT2D eigenvalue weighted by molar-refractivity contribution is -0.149. The molecule has 1 fully saturated rings. The van der Waals surface area contributed by atoms with Gasteiger partial charge < -0.3 is 20.5 Å². The van der Waals surface area contributed by atoms with E-state index in [4.69, 9.17) is 4.74 Å². The van der Waals surface area contributed by atoms with Crippen molar-refractivity contribution < 1.29 is 24.2 Å². The van der Waals surface area contributed by atoms with Gasteiger partial charge in [-0.3, -0.25) is 14.4 Å². The Morgan fingerprint density at radius 2 is 1.56 bits per heavy atom. The number of pyridine rings is 1. The number of carbonyl (C=O) groups excluding carboxylic acids is 3. The maximum atomic E-state index is 13.0. The van der Waals surface area contributed by atoms with Gasteiger partial charge in [-0.25, -0.2) is 4.98 Å². The van der Waals surface area contributed by atoms with E-state index in [0.29, 0.717) is 12.8 Å². The smallest absolute Gasteiger partial charge is 0.308 e. The highest BCUT2D eigenvalue weighted by Gasteiger charge is 2.36. The Bertz CT molecular complexity index is 1140. The highest BCUT2D eigenvalue weighted by Crippen LogP contribution is 2.29. The fourth-order valence-electron chi connectivity index (χ4n) is 3.96. The first kappa shape index (κ1) is 23.0. The third-order valence-corrected chi connectivity index (χ3v) is 5.91. The van der Waals surface area contributed by atoms with Crippen LogP contribution in [0.3, 0.4) is 0 Å². The number of amides is 2. The summed E-state index contributed by atoms with van der Waals surface area (Å²) in [7, 11) is 1.33. The first-order chi connectivity index (χ1) is 16.5. The van der Waals surface area contributed by atoms with Crippen molar-refractivity contribution in [2.45, 2.75) is 24.9 Å². The molecule has 0 bridgehead atoms. The number of aromatic nitrogens is 1. The van der Waals surface area contributed by atoms with Gasteiger partial charge >= 0.3 is 5.97 Å². The molecule has 1 heterocycles. The molecule has 1 aromatic heterocycles. The summed E-state index contributed by atoms with van der Waals surface area (Å²) in [5, 5.41) is 16.2. The van der Waals surface area contributed by atoms with Gasteiger partial charge in [-0.2, -0.15) is 0 Å². The van der Waals surface area contributed by atoms with Gasteiger partial charge in [-0.1, -0.05) is 60.7 Å². The average Bonchev–Trinajstić information content (AvgIpc) is 2.84. The molecule has 4 rings (SSSR count). The molecule has 8 nitrogen and oxygen atoms in total. The third kappa shape index (κ3) is 5.06. The van der Waals surface area contributed by atoms with Gasteiger partial charge in [-0.05, 0) is 24.0 Å². The molecule has 2 aromatic carbocycles. The number of aromatic hydroxyl groups is 1. The molecule has 0 aliphatic heterocycles. The monoisotopic (exact) mass is 459 g/mol. The molecule has 0 spiro atoms. The van der Waals surface area contributed by atoms with E-state index in [1.165, 1.54) is 19.4 Å². The van der Waals surface area contributed by atoms with Crippen LogP contribution < -0.4 is 10.6 Å². The van der Waals surface area contributed by atoms with E-state index < -0.39 is 17.9 Å². The van der Waals surface area contributed by atoms with Crippen molar-refractivity contribution in [1.29, 1.82) is 0 Å². The predicted octanol–water partition coefficient (Wildman–Crippen LogP) is 2.99. The topological polar surface area (TPSA) is 118 Å². The molecule has 3 N–H and O–H groups in total. The van der Waals surface area contributed by atoms with Crippen LogP contribution in [0.4, 0.5) is 0 Å². The molecule has 174 valence electrons. The van der Waals surface area contributed by atoms with Crippen molar-refractivity contribution in [3.05, 3.63) is 95.3 Å². The molecule has 0 atom stereocenters. The van der Waals surface area contributed by atoms with E-state index in [9.17, 15) is 19.5 Å². The van der Waals surface area contributed by atoms with Gasteiger partial charge in [0.2, 0.25) is 0 Å². The van der Waals surface area contributed by atoms with Gasteiger partial charge in [0.15, 0.2) is 0 Å². The molecule has 3 aromatic rings. The zero-order valence-corrected chi connectivity index (χ0v) is 18.6. The minimum absolute atomic E-state index is 0.0155. The number of methoxy groups -OCH3 is 1. The molecule has 2 amide bonds. The van der Waals surface area contributed by atoms with E-state index in [-0.39, 0.29) is 34.9 Å². The summed E-state index contributed by atoms with van der Waals surface area (Å²) in [6.45, 7) is 0. The number of hydrogen-bond donors (Lipinski definition) is 3. The van der Waals surface area contributed by atoms with Crippen LogP contribution in [0, 0.1) is 5.92 Å². The molecular formula is C26H25N3O5. The highest BCUT2D eigenvalue weighted by molar-refractivity contribution is 5.99. The normalized spacial score (nSPS) is 16.9. The summed E-state index contributed by atoms with van der Waals surface area (Å²) in [5.41, 5.74) is 1.72. The summed E-state index contributed by atoms with van der Waals surface area (Å²) in [6, 6.07) is 19.6. The molecule has 0 saturated heterocycles. The van der Waals surface area contributed by atoms with Crippen molar-refractivity contribution in [2.24, 2.45) is 5.92 Å². The van der Waals surface area contributed by atoms with Crippen molar-refractivity contribution in [1.82, 2.24) is 15.6 Å². The van der Waals surface area contributed by atoms with Crippen LogP contribution in [-0.4, -0.2) is 41.0 Å². The number of rotatable bonds is 7. The van der Waals surface area contributed by atoms with Gasteiger partial charge in [0.1, 0.15) is 11.4 Å². The zero-order chi connectivity index (χ0) is 24.1. The van der Waals surface area contributed by atoms with Gasteiger partial charge in [0.05, 0.1) is 24.6 Å². The summed E-state index contributed by atoms with van der Waals surface area (Å²) in [4.78, 5) is 41.0. The lowest BCUT2D eigenvalue weighted by atomic mass is 9.80. The van der Waals surface area contributed by atoms with Crippen molar-refractivity contribution >= 4 is 17.8 Å². The Kier molecular flexibility index (Phi) is 6.87. The Morgan fingerprint density at radius 1 is 0.971 bits per heavy atom. The Morgan fingerprint density at radius 3 is 2.09 bits per heavy atom. The van der Waals surface area contributed by atoms with E-state index >= 15 is 0 Å². The third-order valence-electron chi connectivity index (χ3n) is 5.91. The highest BCUT2D eigenvalue weighted by atomic mass is 16.5. The zero-order valence-electron chi connectivity index (χ0n) is 18.6. The van der Waals surface area contributed by atoms with Crippen molar-refractivity contribution in [3.63, 3.8) is 0 Å². The largest absolute Gasteiger partial charge is 0.507 e. The molecule has 1 saturated carbocycles. The lowest BCUT2D eigenvalue weighted by Gasteiger charge is -2.33. The predicted molar refractivity (Wildman–Crippen MR) is 124 cm³/mol. The summed E-state index contributed by atoms with van der Waals surface area (Å²) in [5.74, 6) is -1.86. The van der Waals surface area contributed by atoms with Crippen molar-refractivity contribution in [2.75, 3.05) is 7.11 Å². The second-order valence-corrected chi connectivity index (χ2v) is 8.18. The van der Waals surface area contributed by atoms with Crippen LogP contribution in [-0.2, 0) is 9.53 Å². The molecule has 0 radical (unpaired) electrons. The Balaban J connectivity index is 1.45. The second kappa shape index (κ2) is 10.2. The maximum Gasteiger partial charge on any atom is 0.308 e. The van der Waals surface area contributed by atoms with Crippen molar-refractivity contribution in [3.8, 4) is 5.75 Å². The van der Waals surface area contributed by atoms with Crippen LogP contribution in [0.5, 0.6) is 5.75 Å². The number of nitrogens with one attached hydrogen (secondary N) is 2. The number of hydrogen-bond acceptors (Lipinski definition) is 6. The van der Waals surface area contributed by atoms with Gasteiger partial charge in [-0.15, -0.1) is 0 Å². The standard InChI is InChI=1S/C26H25N3O5/c1-34-26(33)18-12-19(13-18)28-25(32)21-14-22(30)20(15-27-21)24(31)29-23(16-8-4-2-5-9-16)17-10-6-3-7-11-17/h2-11,14-15,18-19,23H,12-13H2,1H3,(H,27,30)(H,28,32)(H,29,31)/t18-,19-. The van der Waals surface area contributed by atoms with Gasteiger partial charge in [0.25, 0.3) is 11.8 Å². The first-order valence-electron chi connectivity index (χ1n) is 10.9. The van der Waals surface area contributed by atoms with E-state index in [1.807, 2.05) is 60.7 Å². The fraction of sp³-hybridized carbons (Fsp3) is 0.231. The van der Waals surface area contributed by atoms with Crippen LogP contribution in [0.25, 0.3) is 0 Å². The Hall–Kier alpha value is -4.20. The van der Waals surface area contributed by atoms with Crippen LogP contribution >= 0.6 is 0 Å². The Labute approximate surface area is 197 Å². The number of benzene rings is 2. The SMILES string of the molecule is COC(=O)[C@H]1C[C@H](NC(=O)c2cc(O)c(C(=O)NC(c3ccccc3)c3ccccc3)cn2)C1. The van der Waals surface area contributed by atoms with E-state index in [0.717, 1.165) is 11.1 Å². The van der Waals surface area contributed by atoms with E-state index in [2.05, 4.69) is 15.6 Å². The molecule has 8 heteroatoms. The number of ether oxygens (including phenoxy) is 1. The molecule has 0 unspecified atom stereocenters. The molecule has 1 aliphatic rings. The summed E-state index contributed by atoms with van der Waals surface area (Å²) < 4.78 is 4.69. The fourth-order valence-corrected chi connectivity index (χ4v) is 3.96. The maximum absolute atomic E-state index is 13.0. The number of nitrogens with zero attached hydrogens (tertiary/aromatic N) is 1. The van der Waals surface area contributed by atoms with E-state index in [1.54, 1.807) is 0 Å². The number of esters is 1. The summed E-state index contributed by atoms with van der Waals surface area (Å²) >= 11 is 0. The number of carbonyl (C=O) groups is 3.